The van der Waals surface area contributed by atoms with Crippen LogP contribution >= 0.6 is 0 Å². The Kier molecular flexibility index (Phi) is 7.40. The molecule has 3 saturated carbocycles. The van der Waals surface area contributed by atoms with Crippen LogP contribution in [0.1, 0.15) is 68.3 Å². The molecule has 2 saturated heterocycles. The van der Waals surface area contributed by atoms with Crippen molar-refractivity contribution in [2.24, 2.45) is 5.92 Å². The van der Waals surface area contributed by atoms with Gasteiger partial charge in [0.2, 0.25) is 0 Å². The van der Waals surface area contributed by atoms with E-state index in [0.29, 0.717) is 11.5 Å². The Morgan fingerprint density at radius 1 is 1.05 bits per heavy atom. The molecule has 0 spiro atoms. The summed E-state index contributed by atoms with van der Waals surface area (Å²) in [5.41, 5.74) is 9.21. The second-order valence-electron chi connectivity index (χ2n) is 13.2. The van der Waals surface area contributed by atoms with Crippen molar-refractivity contribution < 1.29 is 14.6 Å². The highest BCUT2D eigenvalue weighted by molar-refractivity contribution is 5.99. The molecule has 2 aromatic rings. The van der Waals surface area contributed by atoms with E-state index in [0.717, 1.165) is 102 Å². The third-order valence-electron chi connectivity index (χ3n) is 10.6. The highest BCUT2D eigenvalue weighted by atomic mass is 16.5. The number of nitrogens with one attached hydrogen (secondary N) is 1. The maximum absolute atomic E-state index is 13.4. The highest BCUT2D eigenvalue weighted by Gasteiger charge is 2.48. The number of morpholine rings is 1. The molecule has 0 radical (unpaired) electrons. The molecule has 0 unspecified atom stereocenters. The number of rotatable bonds is 7. The molecule has 2 aliphatic heterocycles. The van der Waals surface area contributed by atoms with Crippen LogP contribution in [0.2, 0.25) is 0 Å². The van der Waals surface area contributed by atoms with Gasteiger partial charge in [0.15, 0.2) is 0 Å². The van der Waals surface area contributed by atoms with E-state index < -0.39 is 5.60 Å². The molecule has 1 aromatic carbocycles. The summed E-state index contributed by atoms with van der Waals surface area (Å²) in [6, 6.07) is 10.7. The van der Waals surface area contributed by atoms with Gasteiger partial charge in [-0.1, -0.05) is 38.1 Å². The van der Waals surface area contributed by atoms with Gasteiger partial charge in [-0.05, 0) is 61.6 Å². The third-order valence-corrected chi connectivity index (χ3v) is 10.6. The lowest BCUT2D eigenvalue weighted by Gasteiger charge is -2.51. The van der Waals surface area contributed by atoms with Crippen molar-refractivity contribution in [3.05, 3.63) is 47.7 Å². The molecule has 7 rings (SSSR count). The zero-order chi connectivity index (χ0) is 28.0. The maximum Gasteiger partial charge on any atom is 0.255 e. The van der Waals surface area contributed by atoms with Crippen molar-refractivity contribution in [3.63, 3.8) is 0 Å². The molecule has 8 heteroatoms. The van der Waals surface area contributed by atoms with Gasteiger partial charge >= 0.3 is 0 Å². The van der Waals surface area contributed by atoms with E-state index in [1.807, 2.05) is 6.07 Å². The minimum absolute atomic E-state index is 0.0966. The summed E-state index contributed by atoms with van der Waals surface area (Å²) in [5.74, 6) is 0.647. The largest absolute Gasteiger partial charge is 0.390 e. The van der Waals surface area contributed by atoms with Crippen LogP contribution in [0.3, 0.4) is 0 Å². The number of aliphatic hydroxyl groups is 1. The fourth-order valence-corrected chi connectivity index (χ4v) is 7.45. The fraction of sp³-hybridized carbons (Fsp3) is 0.625. The Balaban J connectivity index is 1.13. The average Bonchev–Trinajstić information content (AvgIpc) is 3.27. The first-order valence-corrected chi connectivity index (χ1v) is 15.1. The topological polar surface area (TPSA) is 104 Å². The van der Waals surface area contributed by atoms with Crippen LogP contribution in [0.25, 0.3) is 11.1 Å². The van der Waals surface area contributed by atoms with Crippen LogP contribution in [0.4, 0.5) is 5.82 Å². The molecule has 3 aliphatic carbocycles. The number of anilines is 1. The first-order valence-electron chi connectivity index (χ1n) is 15.1. The van der Waals surface area contributed by atoms with E-state index >= 15 is 0 Å². The Labute approximate surface area is 238 Å². The van der Waals surface area contributed by atoms with Gasteiger partial charge in [-0.3, -0.25) is 9.69 Å². The lowest BCUT2D eigenvalue weighted by molar-refractivity contribution is -0.0702. The van der Waals surface area contributed by atoms with Crippen molar-refractivity contribution in [1.82, 2.24) is 20.1 Å². The zero-order valence-electron chi connectivity index (χ0n) is 24.1. The summed E-state index contributed by atoms with van der Waals surface area (Å²) < 4.78 is 5.50. The second-order valence-corrected chi connectivity index (χ2v) is 13.2. The van der Waals surface area contributed by atoms with Gasteiger partial charge in [0.25, 0.3) is 5.91 Å². The van der Waals surface area contributed by atoms with Crippen molar-refractivity contribution >= 4 is 11.7 Å². The quantitative estimate of drug-likeness (QED) is 0.488. The summed E-state index contributed by atoms with van der Waals surface area (Å²) in [7, 11) is 0. The third kappa shape index (κ3) is 5.39. The second kappa shape index (κ2) is 10.7. The molecule has 40 heavy (non-hydrogen) atoms. The van der Waals surface area contributed by atoms with Gasteiger partial charge < -0.3 is 25.8 Å². The van der Waals surface area contributed by atoms with Crippen LogP contribution in [0, 0.1) is 5.92 Å². The molecule has 1 amide bonds. The Morgan fingerprint density at radius 3 is 2.38 bits per heavy atom. The van der Waals surface area contributed by atoms with Crippen molar-refractivity contribution in [1.29, 1.82) is 0 Å². The summed E-state index contributed by atoms with van der Waals surface area (Å²) in [4.78, 5) is 22.9. The van der Waals surface area contributed by atoms with Gasteiger partial charge in [-0.25, -0.2) is 4.98 Å². The monoisotopic (exact) mass is 547 g/mol. The number of benzene rings is 1. The van der Waals surface area contributed by atoms with E-state index in [2.05, 4.69) is 58.2 Å². The highest BCUT2D eigenvalue weighted by Crippen LogP contribution is 2.47. The van der Waals surface area contributed by atoms with Crippen LogP contribution in [-0.2, 0) is 10.2 Å². The summed E-state index contributed by atoms with van der Waals surface area (Å²) >= 11 is 0. The number of aromatic nitrogens is 1. The number of hydrogen-bond donors (Lipinski definition) is 3. The summed E-state index contributed by atoms with van der Waals surface area (Å²) in [6.07, 6.45) is 6.43. The van der Waals surface area contributed by atoms with Crippen LogP contribution in [0.5, 0.6) is 0 Å². The zero-order valence-corrected chi connectivity index (χ0v) is 24.1. The SMILES string of the molecule is C[C@@H]1CN(CCN2CCOCC2)C[C@@]1(C)c1ccc(-c2cnc(N)c(C(=O)NC34CCC(O)(CC3)CC4)c2)cc1. The smallest absolute Gasteiger partial charge is 0.255 e. The fourth-order valence-electron chi connectivity index (χ4n) is 7.45. The number of likely N-dealkylation sites (tertiary alicyclic amines) is 1. The minimum atomic E-state index is -0.534. The molecular weight excluding hydrogens is 502 g/mol. The number of nitrogens with two attached hydrogens (primary N) is 1. The van der Waals surface area contributed by atoms with Gasteiger partial charge in [0.05, 0.1) is 24.4 Å². The molecule has 8 nitrogen and oxygen atoms in total. The molecule has 216 valence electrons. The molecule has 3 heterocycles. The lowest BCUT2D eigenvalue weighted by atomic mass is 9.63. The van der Waals surface area contributed by atoms with E-state index in [-0.39, 0.29) is 22.7 Å². The number of amides is 1. The van der Waals surface area contributed by atoms with Gasteiger partial charge in [-0.2, -0.15) is 0 Å². The standard InChI is InChI=1S/C32H45N5O3/c1-23-21-37(14-13-36-15-17-40-18-16-36)22-30(23,2)26-5-3-24(4-6-26)25-19-27(28(33)34-20-25)29(38)35-31-7-10-32(39,11-8-31)12-9-31/h3-6,19-20,23,39H,7-18,21-22H2,1-2H3,(H2,33,34)(H,35,38)/t23-,30-,31?,32?/m1/s1. The Hall–Kier alpha value is -2.52. The van der Waals surface area contributed by atoms with Crippen molar-refractivity contribution in [3.8, 4) is 11.1 Å². The van der Waals surface area contributed by atoms with E-state index in [9.17, 15) is 9.90 Å². The normalized spacial score (nSPS) is 32.8. The van der Waals surface area contributed by atoms with Crippen LogP contribution in [-0.4, -0.2) is 89.4 Å². The van der Waals surface area contributed by atoms with Gasteiger partial charge in [0.1, 0.15) is 5.82 Å². The van der Waals surface area contributed by atoms with Crippen molar-refractivity contribution in [2.75, 3.05) is 58.2 Å². The minimum Gasteiger partial charge on any atom is -0.390 e. The predicted octanol–water partition coefficient (Wildman–Crippen LogP) is 3.44. The average molecular weight is 548 g/mol. The first-order chi connectivity index (χ1) is 19.2. The number of nitrogen functional groups attached to an aromatic ring is 1. The molecule has 2 atom stereocenters. The maximum atomic E-state index is 13.4. The predicted molar refractivity (Wildman–Crippen MR) is 157 cm³/mol. The van der Waals surface area contributed by atoms with Gasteiger partial charge in [0, 0.05) is 62.0 Å². The summed E-state index contributed by atoms with van der Waals surface area (Å²) in [5, 5.41) is 13.8. The molecule has 5 aliphatic rings. The number of carbonyl (C=O) groups excluding carboxylic acids is 1. The number of carbonyl (C=O) groups is 1. The van der Waals surface area contributed by atoms with Crippen molar-refractivity contribution in [2.45, 2.75) is 68.9 Å². The van der Waals surface area contributed by atoms with Crippen LogP contribution < -0.4 is 11.1 Å². The number of fused-ring (bicyclic) bond motifs is 3. The lowest BCUT2D eigenvalue weighted by Crippen LogP contribution is -2.58. The number of nitrogens with zero attached hydrogens (tertiary/aromatic N) is 3. The van der Waals surface area contributed by atoms with E-state index in [1.54, 1.807) is 6.20 Å². The van der Waals surface area contributed by atoms with Crippen LogP contribution in [0.15, 0.2) is 36.5 Å². The first kappa shape index (κ1) is 27.6. The summed E-state index contributed by atoms with van der Waals surface area (Å²) in [6.45, 7) is 12.9. The number of pyridine rings is 1. The van der Waals surface area contributed by atoms with E-state index in [4.69, 9.17) is 10.5 Å². The molecule has 2 bridgehead atoms. The Bertz CT molecular complexity index is 1200. The molecule has 4 N–H and O–H groups in total. The van der Waals surface area contributed by atoms with Gasteiger partial charge in [-0.15, -0.1) is 0 Å². The Morgan fingerprint density at radius 2 is 1.70 bits per heavy atom. The van der Waals surface area contributed by atoms with E-state index in [1.165, 1.54) is 5.56 Å². The number of ether oxygens (including phenoxy) is 1. The molecule has 1 aromatic heterocycles. The molecular formula is C32H45N5O3. The number of hydrogen-bond acceptors (Lipinski definition) is 7. The molecule has 5 fully saturated rings.